The molecule has 0 aliphatic rings. The van der Waals surface area contributed by atoms with Gasteiger partial charge in [0, 0.05) is 29.4 Å². The highest BCUT2D eigenvalue weighted by molar-refractivity contribution is 6.18. The minimum Gasteiger partial charge on any atom is -0.316 e. The number of aromatic nitrogens is 1. The Hall–Kier alpha value is -2.13. The number of ketones is 2. The second kappa shape index (κ2) is 6.55. The van der Waals surface area contributed by atoms with Crippen LogP contribution in [0.25, 0.3) is 16.4 Å². The van der Waals surface area contributed by atoms with Crippen molar-refractivity contribution in [2.45, 2.75) is 26.2 Å². The van der Waals surface area contributed by atoms with Crippen molar-refractivity contribution in [3.63, 3.8) is 0 Å². The first-order valence-corrected chi connectivity index (χ1v) is 8.30. The van der Waals surface area contributed by atoms with Crippen LogP contribution in [0.4, 0.5) is 0 Å². The predicted octanol–water partition coefficient (Wildman–Crippen LogP) is 4.89. The van der Waals surface area contributed by atoms with E-state index in [9.17, 15) is 9.59 Å². The number of hydrogen-bond acceptors (Lipinski definition) is 2. The maximum Gasteiger partial charge on any atom is 0.165 e. The van der Waals surface area contributed by atoms with Gasteiger partial charge in [-0.2, -0.15) is 0 Å². The molecule has 2 aromatic heterocycles. The number of hydrogen-bond donors (Lipinski definition) is 0. The van der Waals surface area contributed by atoms with Gasteiger partial charge < -0.3 is 4.40 Å². The Morgan fingerprint density at radius 1 is 1.09 bits per heavy atom. The van der Waals surface area contributed by atoms with Gasteiger partial charge in [0.1, 0.15) is 0 Å². The zero-order chi connectivity index (χ0) is 16.4. The highest BCUT2D eigenvalue weighted by Gasteiger charge is 2.18. The molecule has 0 amide bonds. The van der Waals surface area contributed by atoms with Gasteiger partial charge in [-0.25, -0.2) is 0 Å². The van der Waals surface area contributed by atoms with Gasteiger partial charge in [0.2, 0.25) is 0 Å². The normalized spacial score (nSPS) is 11.2. The van der Waals surface area contributed by atoms with Crippen molar-refractivity contribution >= 4 is 39.6 Å². The lowest BCUT2D eigenvalue weighted by atomic mass is 10.0. The van der Waals surface area contributed by atoms with E-state index in [1.54, 1.807) is 13.0 Å². The number of alkyl halides is 1. The third-order valence-corrected chi connectivity index (χ3v) is 4.38. The molecule has 0 radical (unpaired) electrons. The molecule has 0 unspecified atom stereocenters. The number of pyridine rings is 1. The predicted molar refractivity (Wildman–Crippen MR) is 93.8 cm³/mol. The van der Waals surface area contributed by atoms with Gasteiger partial charge in [0.15, 0.2) is 11.6 Å². The number of rotatable bonds is 6. The summed E-state index contributed by atoms with van der Waals surface area (Å²) in [6.07, 6.45) is 4.05. The largest absolute Gasteiger partial charge is 0.316 e. The Labute approximate surface area is 139 Å². The van der Waals surface area contributed by atoms with Crippen LogP contribution in [0, 0.1) is 0 Å². The highest BCUT2D eigenvalue weighted by Crippen LogP contribution is 2.29. The Bertz CT molecular complexity index is 895. The molecule has 4 heteroatoms. The minimum atomic E-state index is 0.0211. The van der Waals surface area contributed by atoms with Gasteiger partial charge in [-0.15, -0.1) is 11.6 Å². The summed E-state index contributed by atoms with van der Waals surface area (Å²) in [6.45, 7) is 1.55. The number of Topliss-reactive ketones (excluding diaryl/α,β-unsaturated/α-hetero) is 2. The van der Waals surface area contributed by atoms with Crippen molar-refractivity contribution < 1.29 is 9.59 Å². The van der Waals surface area contributed by atoms with Gasteiger partial charge in [0.05, 0.1) is 16.6 Å². The summed E-state index contributed by atoms with van der Waals surface area (Å²) in [5, 5.41) is 0.900. The molecule has 2 heterocycles. The summed E-state index contributed by atoms with van der Waals surface area (Å²) in [7, 11) is 0. The quantitative estimate of drug-likeness (QED) is 0.367. The molecular weight excluding hydrogens is 310 g/mol. The highest BCUT2D eigenvalue weighted by atomic mass is 35.5. The SMILES string of the molecule is CC(=O)c1ccc2c(C(=O)CCCCCl)c3ccccn3c2c1. The van der Waals surface area contributed by atoms with Crippen molar-refractivity contribution in [1.82, 2.24) is 4.40 Å². The Kier molecular flexibility index (Phi) is 4.49. The van der Waals surface area contributed by atoms with E-state index < -0.39 is 0 Å². The molecule has 3 rings (SSSR count). The van der Waals surface area contributed by atoms with E-state index >= 15 is 0 Å². The fourth-order valence-electron chi connectivity index (χ4n) is 2.95. The maximum atomic E-state index is 12.7. The number of halogens is 1. The van der Waals surface area contributed by atoms with Crippen LogP contribution in [0.5, 0.6) is 0 Å². The Morgan fingerprint density at radius 2 is 1.91 bits per heavy atom. The lowest BCUT2D eigenvalue weighted by molar-refractivity contribution is 0.0981. The average molecular weight is 328 g/mol. The summed E-state index contributed by atoms with van der Waals surface area (Å²) >= 11 is 5.70. The Balaban J connectivity index is 2.18. The third-order valence-electron chi connectivity index (χ3n) is 4.12. The number of carbonyl (C=O) groups excluding carboxylic acids is 2. The van der Waals surface area contributed by atoms with Gasteiger partial charge in [-0.3, -0.25) is 9.59 Å². The zero-order valence-electron chi connectivity index (χ0n) is 13.0. The van der Waals surface area contributed by atoms with E-state index in [1.165, 1.54) is 0 Å². The maximum absolute atomic E-state index is 12.7. The fraction of sp³-hybridized carbons (Fsp3) is 0.263. The smallest absolute Gasteiger partial charge is 0.165 e. The summed E-state index contributed by atoms with van der Waals surface area (Å²) < 4.78 is 1.98. The standard InChI is InChI=1S/C19H18ClNO2/c1-13(22)14-8-9-15-17(12-14)21-11-5-3-6-16(21)19(15)18(23)7-2-4-10-20/h3,5-6,8-9,11-12H,2,4,7,10H2,1H3. The van der Waals surface area contributed by atoms with Gasteiger partial charge in [-0.1, -0.05) is 18.2 Å². The lowest BCUT2D eigenvalue weighted by Gasteiger charge is -2.01. The molecular formula is C19H18ClNO2. The van der Waals surface area contributed by atoms with Crippen LogP contribution in [0.15, 0.2) is 42.6 Å². The Morgan fingerprint density at radius 3 is 2.65 bits per heavy atom. The minimum absolute atomic E-state index is 0.0211. The van der Waals surface area contributed by atoms with E-state index in [4.69, 9.17) is 11.6 Å². The first-order chi connectivity index (χ1) is 11.1. The number of carbonyl (C=O) groups is 2. The monoisotopic (exact) mass is 327 g/mol. The molecule has 0 N–H and O–H groups in total. The van der Waals surface area contributed by atoms with Crippen LogP contribution in [0.3, 0.4) is 0 Å². The van der Waals surface area contributed by atoms with Crippen molar-refractivity contribution in [2.24, 2.45) is 0 Å². The number of nitrogens with zero attached hydrogens (tertiary/aromatic N) is 1. The van der Waals surface area contributed by atoms with Crippen molar-refractivity contribution in [3.05, 3.63) is 53.7 Å². The second-order valence-corrected chi connectivity index (χ2v) is 6.07. The van der Waals surface area contributed by atoms with E-state index in [1.807, 2.05) is 40.9 Å². The topological polar surface area (TPSA) is 38.5 Å². The lowest BCUT2D eigenvalue weighted by Crippen LogP contribution is -1.99. The van der Waals surface area contributed by atoms with E-state index in [0.717, 1.165) is 34.8 Å². The van der Waals surface area contributed by atoms with Gasteiger partial charge in [-0.05, 0) is 38.0 Å². The number of fused-ring (bicyclic) bond motifs is 3. The molecule has 0 atom stereocenters. The second-order valence-electron chi connectivity index (χ2n) is 5.69. The molecule has 1 aromatic carbocycles. The van der Waals surface area contributed by atoms with E-state index in [-0.39, 0.29) is 11.6 Å². The molecule has 118 valence electrons. The summed E-state index contributed by atoms with van der Waals surface area (Å²) in [5.74, 6) is 0.726. The molecule has 0 fully saturated rings. The van der Waals surface area contributed by atoms with E-state index in [2.05, 4.69) is 0 Å². The fourth-order valence-corrected chi connectivity index (χ4v) is 3.14. The van der Waals surface area contributed by atoms with Gasteiger partial charge >= 0.3 is 0 Å². The van der Waals surface area contributed by atoms with Crippen LogP contribution in [0.1, 0.15) is 46.9 Å². The summed E-state index contributed by atoms with van der Waals surface area (Å²) in [6, 6.07) is 11.3. The number of unbranched alkanes of at least 4 members (excludes halogenated alkanes) is 1. The molecule has 0 aliphatic carbocycles. The van der Waals surface area contributed by atoms with Crippen LogP contribution >= 0.6 is 11.6 Å². The van der Waals surface area contributed by atoms with Crippen LogP contribution in [-0.2, 0) is 0 Å². The third kappa shape index (κ3) is 2.89. The molecule has 3 nitrogen and oxygen atoms in total. The van der Waals surface area contributed by atoms with Crippen LogP contribution < -0.4 is 0 Å². The van der Waals surface area contributed by atoms with Crippen LogP contribution in [0.2, 0.25) is 0 Å². The molecule has 0 saturated carbocycles. The van der Waals surface area contributed by atoms with Crippen molar-refractivity contribution in [1.29, 1.82) is 0 Å². The molecule has 23 heavy (non-hydrogen) atoms. The molecule has 0 saturated heterocycles. The van der Waals surface area contributed by atoms with Crippen molar-refractivity contribution in [3.8, 4) is 0 Å². The summed E-state index contributed by atoms with van der Waals surface area (Å²) in [4.78, 5) is 24.4. The summed E-state index contributed by atoms with van der Waals surface area (Å²) in [5.41, 5.74) is 3.18. The molecule has 0 spiro atoms. The number of benzene rings is 1. The van der Waals surface area contributed by atoms with Crippen LogP contribution in [-0.4, -0.2) is 21.8 Å². The van der Waals surface area contributed by atoms with Gasteiger partial charge in [0.25, 0.3) is 0 Å². The molecule has 3 aromatic rings. The first kappa shape index (κ1) is 15.8. The average Bonchev–Trinajstić information content (AvgIpc) is 2.88. The molecule has 0 bridgehead atoms. The first-order valence-electron chi connectivity index (χ1n) is 7.76. The zero-order valence-corrected chi connectivity index (χ0v) is 13.8. The van der Waals surface area contributed by atoms with Crippen molar-refractivity contribution in [2.75, 3.05) is 5.88 Å². The van der Waals surface area contributed by atoms with E-state index in [0.29, 0.717) is 17.9 Å². The molecule has 0 aliphatic heterocycles.